The molecule has 442 valence electrons. The van der Waals surface area contributed by atoms with E-state index in [-0.39, 0.29) is 36.4 Å². The molecule has 7 rings (SSSR count). The number of pyridine rings is 3. The highest BCUT2D eigenvalue weighted by Crippen LogP contribution is 2.43. The number of carboxylic acids is 1. The van der Waals surface area contributed by atoms with Crippen molar-refractivity contribution in [2.75, 3.05) is 19.6 Å². The fourth-order valence-corrected chi connectivity index (χ4v) is 12.6. The van der Waals surface area contributed by atoms with Crippen molar-refractivity contribution in [1.82, 2.24) is 25.6 Å². The van der Waals surface area contributed by atoms with Crippen LogP contribution in [0.4, 0.5) is 0 Å². The number of carboxylic acid groups (broad SMARTS) is 1. The molecule has 4 aromatic carbocycles. The van der Waals surface area contributed by atoms with Crippen molar-refractivity contribution in [3.63, 3.8) is 0 Å². The van der Waals surface area contributed by atoms with Crippen LogP contribution in [0, 0.1) is 0 Å². The second-order valence-electron chi connectivity index (χ2n) is 18.8. The van der Waals surface area contributed by atoms with Crippen LogP contribution in [0.3, 0.4) is 0 Å². The molecule has 5 N–H and O–H groups in total. The Balaban J connectivity index is 0.000000341. The lowest BCUT2D eigenvalue weighted by Crippen LogP contribution is -2.25. The second kappa shape index (κ2) is 41.6. The predicted molar refractivity (Wildman–Crippen MR) is 338 cm³/mol. The number of aromatic nitrogens is 3. The maximum absolute atomic E-state index is 13.0. The Bertz CT molecular complexity index is 2990. The van der Waals surface area contributed by atoms with Crippen LogP contribution in [0.1, 0.15) is 132 Å². The van der Waals surface area contributed by atoms with E-state index in [1.54, 1.807) is 91.8 Å². The van der Waals surface area contributed by atoms with Gasteiger partial charge in [0.2, 0.25) is 0 Å². The lowest BCUT2D eigenvalue weighted by Gasteiger charge is -2.12. The number of carbonyl (C=O) groups excluding carboxylic acids is 6. The Morgan fingerprint density at radius 2 is 0.810 bits per heavy atom. The molecule has 19 heteroatoms. The third-order valence-corrected chi connectivity index (χ3v) is 17.2. The molecule has 0 spiro atoms. The van der Waals surface area contributed by atoms with Gasteiger partial charge in [-0.3, -0.25) is 43.7 Å². The van der Waals surface area contributed by atoms with E-state index < -0.39 is 5.97 Å². The van der Waals surface area contributed by atoms with E-state index >= 15 is 0 Å². The average Bonchev–Trinajstić information content (AvgIpc) is 3.71. The molecule has 0 unspecified atom stereocenters. The number of ketones is 3. The first-order valence-corrected chi connectivity index (χ1v) is 31.7. The SMILES string of the molecule is C.NCCCCCC(=O)Cc1cccnc1.O=C(CCCCCNC(=O)c1ccccc1SSc1ccccc1C(=O)NCCCCCC(=O)Cc1cccnc1)Cc1cccnc1.O=COc1ccccc1SSc1ccccc1C(=O)O. The molecule has 0 saturated heterocycles. The fraction of sp³-hybridized carbons (Fsp3) is 0.292. The first-order chi connectivity index (χ1) is 40.5. The summed E-state index contributed by atoms with van der Waals surface area (Å²) in [5, 5.41) is 15.1. The zero-order chi connectivity index (χ0) is 59.1. The molecule has 2 amide bonds. The predicted octanol–water partition coefficient (Wildman–Crippen LogP) is 13.5. The van der Waals surface area contributed by atoms with E-state index in [9.17, 15) is 33.6 Å². The topological polar surface area (TPSA) is 238 Å². The number of aromatic carboxylic acids is 1. The van der Waals surface area contributed by atoms with Crippen LogP contribution in [0.2, 0.25) is 0 Å². The van der Waals surface area contributed by atoms with Crippen molar-refractivity contribution in [3.8, 4) is 5.75 Å². The molecule has 0 fully saturated rings. The van der Waals surface area contributed by atoms with Gasteiger partial charge < -0.3 is 26.2 Å². The van der Waals surface area contributed by atoms with Gasteiger partial charge in [-0.05, 0) is 139 Å². The summed E-state index contributed by atoms with van der Waals surface area (Å²) in [5.41, 5.74) is 9.66. The van der Waals surface area contributed by atoms with Crippen molar-refractivity contribution in [1.29, 1.82) is 0 Å². The fourth-order valence-electron chi connectivity index (χ4n) is 7.96. The number of rotatable bonds is 34. The van der Waals surface area contributed by atoms with Crippen LogP contribution >= 0.6 is 43.2 Å². The smallest absolute Gasteiger partial charge is 0.336 e. The third-order valence-electron chi connectivity index (χ3n) is 12.2. The molecule has 15 nitrogen and oxygen atoms in total. The number of hydrogen-bond donors (Lipinski definition) is 4. The first kappa shape index (κ1) is 69.1. The Hall–Kier alpha value is -7.42. The van der Waals surface area contributed by atoms with Gasteiger partial charge in [0.25, 0.3) is 18.3 Å². The van der Waals surface area contributed by atoms with Gasteiger partial charge >= 0.3 is 5.97 Å². The average molecular weight is 1210 g/mol. The van der Waals surface area contributed by atoms with Gasteiger partial charge in [-0.25, -0.2) is 4.79 Å². The number of Topliss-reactive ketones (excluding diaryl/α,β-unsaturated/α-hetero) is 3. The Morgan fingerprint density at radius 3 is 1.19 bits per heavy atom. The van der Waals surface area contributed by atoms with Crippen LogP contribution in [0.15, 0.2) is 190 Å². The summed E-state index contributed by atoms with van der Waals surface area (Å²) in [5.74, 6) is -0.105. The van der Waals surface area contributed by atoms with E-state index in [2.05, 4.69) is 25.6 Å². The number of carbonyl (C=O) groups is 7. The summed E-state index contributed by atoms with van der Waals surface area (Å²) in [7, 11) is 5.54. The Labute approximate surface area is 509 Å². The number of ether oxygens (including phenoxy) is 1. The molecule has 3 heterocycles. The van der Waals surface area contributed by atoms with Crippen LogP contribution in [0.25, 0.3) is 0 Å². The van der Waals surface area contributed by atoms with Crippen molar-refractivity contribution >= 4 is 84.8 Å². The van der Waals surface area contributed by atoms with Crippen LogP contribution in [-0.2, 0) is 38.4 Å². The zero-order valence-electron chi connectivity index (χ0n) is 46.2. The molecule has 0 saturated carbocycles. The number of nitrogens with one attached hydrogen (secondary N) is 2. The molecule has 0 aliphatic rings. The summed E-state index contributed by atoms with van der Waals surface area (Å²) in [6.45, 7) is 2.16. The molecule has 3 aromatic heterocycles. The largest absolute Gasteiger partial charge is 0.478 e. The highest BCUT2D eigenvalue weighted by molar-refractivity contribution is 8.77. The first-order valence-electron chi connectivity index (χ1n) is 27.4. The van der Waals surface area contributed by atoms with E-state index in [0.717, 1.165) is 95.7 Å². The van der Waals surface area contributed by atoms with Gasteiger partial charge in [0.1, 0.15) is 23.1 Å². The normalized spacial score (nSPS) is 10.3. The monoisotopic (exact) mass is 1210 g/mol. The van der Waals surface area contributed by atoms with Gasteiger partial charge in [-0.1, -0.05) is 126 Å². The maximum atomic E-state index is 13.0. The summed E-state index contributed by atoms with van der Waals surface area (Å²) in [4.78, 5) is 98.6. The van der Waals surface area contributed by atoms with Crippen molar-refractivity contribution in [2.24, 2.45) is 5.73 Å². The highest BCUT2D eigenvalue weighted by Gasteiger charge is 2.17. The molecule has 0 aliphatic heterocycles. The van der Waals surface area contributed by atoms with Gasteiger partial charge in [0.05, 0.1) is 21.6 Å². The molecule has 0 bridgehead atoms. The van der Waals surface area contributed by atoms with Gasteiger partial charge in [-0.2, -0.15) is 0 Å². The van der Waals surface area contributed by atoms with Crippen LogP contribution in [-0.4, -0.2) is 81.3 Å². The standard InChI is InChI=1S/C38H42N4O4S2.C14H10O4S2.C12H18N2O.CH4/c43-31(25-29-13-11-21-39-27-29)15-3-1-9-23-41-37(45)33-17-5-7-19-35(33)47-48-36-20-8-6-18-34(36)38(46)42-24-10-2-4-16-32(44)26-30-14-12-22-40-28-30;15-9-18-11-6-2-4-8-13(11)20-19-12-7-3-1-5-10(12)14(16)17;13-7-3-1-2-6-12(15)9-11-5-4-8-14-10-11;/h5-8,11-14,17-22,27-28H,1-4,9-10,15-16,23-26H2,(H,41,45)(H,42,46);1-9H,(H,16,17);4-5,8,10H,1-3,6-7,9,13H2;1H4. The van der Waals surface area contributed by atoms with Gasteiger partial charge in [0.15, 0.2) is 0 Å². The quantitative estimate of drug-likeness (QED) is 0.0167. The zero-order valence-corrected chi connectivity index (χ0v) is 49.5. The number of benzene rings is 4. The third kappa shape index (κ3) is 27.3. The summed E-state index contributed by atoms with van der Waals surface area (Å²) in [6.07, 6.45) is 21.2. The minimum Gasteiger partial charge on any atom is -0.478 e. The number of nitrogens with two attached hydrogens (primary N) is 1. The lowest BCUT2D eigenvalue weighted by molar-refractivity contribution is -0.121. The molecule has 84 heavy (non-hydrogen) atoms. The van der Waals surface area contributed by atoms with E-state index in [1.165, 1.54) is 43.2 Å². The number of hydrogen-bond acceptors (Lipinski definition) is 16. The minimum absolute atomic E-state index is 0. The maximum Gasteiger partial charge on any atom is 0.336 e. The van der Waals surface area contributed by atoms with Gasteiger partial charge in [-0.15, -0.1) is 0 Å². The van der Waals surface area contributed by atoms with E-state index in [4.69, 9.17) is 15.6 Å². The van der Waals surface area contributed by atoms with Crippen molar-refractivity contribution in [2.45, 2.75) is 123 Å². The molecule has 7 aromatic rings. The highest BCUT2D eigenvalue weighted by atomic mass is 33.1. The Kier molecular flexibility index (Phi) is 34.2. The molecule has 0 atom stereocenters. The van der Waals surface area contributed by atoms with E-state index in [1.807, 2.05) is 78.9 Å². The van der Waals surface area contributed by atoms with Crippen molar-refractivity contribution < 1.29 is 43.4 Å². The summed E-state index contributed by atoms with van der Waals surface area (Å²) in [6, 6.07) is 40.0. The minimum atomic E-state index is -0.967. The number of unbranched alkanes of at least 4 members (excludes halogenated alkanes) is 6. The molecular weight excluding hydrogens is 1140 g/mol. The molecular formula is C65H74N6O9S4. The number of nitrogens with zero attached hydrogens (tertiary/aromatic N) is 3. The summed E-state index contributed by atoms with van der Waals surface area (Å²) < 4.78 is 4.87. The number of para-hydroxylation sites is 1. The van der Waals surface area contributed by atoms with Crippen LogP contribution in [0.5, 0.6) is 5.75 Å². The second-order valence-corrected chi connectivity index (χ2v) is 23.2. The number of amides is 2. The van der Waals surface area contributed by atoms with Gasteiger partial charge in [0, 0.05) is 103 Å². The molecule has 0 radical (unpaired) electrons. The lowest BCUT2D eigenvalue weighted by atomic mass is 10.1. The Morgan fingerprint density at radius 1 is 0.452 bits per heavy atom. The molecule has 0 aliphatic carbocycles. The van der Waals surface area contributed by atoms with Crippen molar-refractivity contribution in [3.05, 3.63) is 204 Å². The van der Waals surface area contributed by atoms with E-state index in [0.29, 0.717) is 85.6 Å². The summed E-state index contributed by atoms with van der Waals surface area (Å²) >= 11 is 0. The van der Waals surface area contributed by atoms with Crippen LogP contribution < -0.4 is 21.1 Å².